The number of nitrogens with zero attached hydrogens (tertiary/aromatic N) is 1. The van der Waals surface area contributed by atoms with Crippen LogP contribution in [-0.2, 0) is 23.2 Å². The van der Waals surface area contributed by atoms with Crippen molar-refractivity contribution in [1.29, 1.82) is 0 Å². The van der Waals surface area contributed by atoms with Gasteiger partial charge in [0.15, 0.2) is 0 Å². The maximum absolute atomic E-state index is 10.9. The molecular formula is C29H29NO3. The summed E-state index contributed by atoms with van der Waals surface area (Å²) in [6, 6.07) is 22.8. The maximum atomic E-state index is 10.9. The van der Waals surface area contributed by atoms with Crippen molar-refractivity contribution in [2.75, 3.05) is 11.4 Å². The van der Waals surface area contributed by atoms with Crippen LogP contribution in [0.5, 0.6) is 5.75 Å². The second-order valence-corrected chi connectivity index (χ2v) is 9.42. The average Bonchev–Trinajstić information content (AvgIpc) is 3.63. The first-order valence-electron chi connectivity index (χ1n) is 11.6. The second kappa shape index (κ2) is 8.43. The summed E-state index contributed by atoms with van der Waals surface area (Å²) in [6.07, 6.45) is 7.51. The molecule has 0 amide bonds. The van der Waals surface area contributed by atoms with Crippen LogP contribution < -0.4 is 4.90 Å². The van der Waals surface area contributed by atoms with Crippen molar-refractivity contribution in [2.45, 2.75) is 38.1 Å². The first-order chi connectivity index (χ1) is 15.9. The van der Waals surface area contributed by atoms with E-state index in [-0.39, 0.29) is 0 Å². The molecule has 5 rings (SSSR count). The second-order valence-electron chi connectivity index (χ2n) is 9.42. The highest BCUT2D eigenvalue weighted by Gasteiger charge is 2.40. The summed E-state index contributed by atoms with van der Waals surface area (Å²) in [5, 5.41) is 19.0. The molecule has 2 aliphatic rings. The number of anilines is 1. The number of phenols is 1. The fourth-order valence-electron chi connectivity index (χ4n) is 5.12. The molecule has 0 bridgehead atoms. The zero-order valence-electron chi connectivity index (χ0n) is 18.9. The normalized spacial score (nSPS) is 20.1. The highest BCUT2D eigenvalue weighted by molar-refractivity contribution is 5.85. The van der Waals surface area contributed by atoms with E-state index in [2.05, 4.69) is 48.2 Å². The number of carboxylic acids is 1. The van der Waals surface area contributed by atoms with Gasteiger partial charge in [-0.25, -0.2) is 4.79 Å². The Balaban J connectivity index is 1.55. The molecule has 3 aromatic carbocycles. The molecule has 1 atom stereocenters. The van der Waals surface area contributed by atoms with Crippen LogP contribution in [-0.4, -0.2) is 22.7 Å². The van der Waals surface area contributed by atoms with Crippen molar-refractivity contribution < 1.29 is 15.0 Å². The van der Waals surface area contributed by atoms with Crippen molar-refractivity contribution in [3.8, 4) is 5.75 Å². The average molecular weight is 440 g/mol. The Morgan fingerprint density at radius 2 is 1.79 bits per heavy atom. The van der Waals surface area contributed by atoms with Crippen molar-refractivity contribution in [1.82, 2.24) is 0 Å². The number of aromatic hydroxyl groups is 1. The lowest BCUT2D eigenvalue weighted by molar-refractivity contribution is -0.131. The van der Waals surface area contributed by atoms with Gasteiger partial charge in [0.1, 0.15) is 5.75 Å². The Bertz CT molecular complexity index is 1190. The third-order valence-electron chi connectivity index (χ3n) is 7.12. The smallest absolute Gasteiger partial charge is 0.328 e. The number of carboxylic acid groups (broad SMARTS) is 1. The molecule has 0 aromatic heterocycles. The van der Waals surface area contributed by atoms with E-state index in [0.29, 0.717) is 5.75 Å². The molecule has 4 nitrogen and oxygen atoms in total. The molecule has 1 aliphatic carbocycles. The number of hydrogen-bond donors (Lipinski definition) is 2. The van der Waals surface area contributed by atoms with Gasteiger partial charge in [-0.05, 0) is 96.7 Å². The van der Waals surface area contributed by atoms with E-state index in [9.17, 15) is 9.90 Å². The predicted molar refractivity (Wildman–Crippen MR) is 132 cm³/mol. The highest BCUT2D eigenvalue weighted by atomic mass is 16.4. The number of fused-ring (bicyclic) bond motifs is 1. The number of carbonyl (C=O) groups is 1. The van der Waals surface area contributed by atoms with E-state index in [1.807, 2.05) is 24.3 Å². The van der Waals surface area contributed by atoms with Crippen LogP contribution in [0.15, 0.2) is 72.8 Å². The predicted octanol–water partition coefficient (Wildman–Crippen LogP) is 5.77. The topological polar surface area (TPSA) is 60.8 Å². The molecular weight excluding hydrogens is 410 g/mol. The molecule has 1 fully saturated rings. The van der Waals surface area contributed by atoms with Gasteiger partial charge in [-0.1, -0.05) is 42.5 Å². The minimum Gasteiger partial charge on any atom is -0.508 e. The minimum absolute atomic E-state index is 0.295. The highest BCUT2D eigenvalue weighted by Crippen LogP contribution is 2.44. The molecule has 0 radical (unpaired) electrons. The number of phenolic OH excluding ortho intramolecular Hbond substituents is 1. The van der Waals surface area contributed by atoms with Crippen LogP contribution in [0, 0.1) is 5.92 Å². The third-order valence-corrected chi connectivity index (χ3v) is 7.12. The standard InChI is InChI=1S/C29H29NO3/c1-29(24-9-4-20(5-10-24)8-15-28(32)33)27-14-13-26(31)19-23(27)16-17-30(29)25-11-6-22(7-12-25)18-21-2-3-21/h4-15,19,21,31H,2-3,16-18H2,1H3,(H,32,33). The third kappa shape index (κ3) is 4.25. The van der Waals surface area contributed by atoms with Gasteiger partial charge >= 0.3 is 5.97 Å². The largest absolute Gasteiger partial charge is 0.508 e. The molecule has 1 saturated carbocycles. The molecule has 1 aliphatic heterocycles. The van der Waals surface area contributed by atoms with E-state index in [0.717, 1.165) is 41.6 Å². The van der Waals surface area contributed by atoms with E-state index < -0.39 is 11.5 Å². The summed E-state index contributed by atoms with van der Waals surface area (Å²) in [5.74, 6) is 0.204. The van der Waals surface area contributed by atoms with Gasteiger partial charge in [0.25, 0.3) is 0 Å². The zero-order chi connectivity index (χ0) is 23.0. The van der Waals surface area contributed by atoms with Gasteiger partial charge in [0, 0.05) is 18.3 Å². The van der Waals surface area contributed by atoms with Crippen LogP contribution in [0.1, 0.15) is 47.6 Å². The van der Waals surface area contributed by atoms with Gasteiger partial charge in [-0.3, -0.25) is 0 Å². The summed E-state index contributed by atoms with van der Waals surface area (Å²) in [5.41, 5.74) is 6.49. The molecule has 168 valence electrons. The van der Waals surface area contributed by atoms with E-state index in [1.54, 1.807) is 12.1 Å². The van der Waals surface area contributed by atoms with E-state index in [1.165, 1.54) is 36.1 Å². The zero-order valence-corrected chi connectivity index (χ0v) is 18.9. The van der Waals surface area contributed by atoms with Crippen molar-refractivity contribution in [2.24, 2.45) is 5.92 Å². The number of benzene rings is 3. The molecule has 1 heterocycles. The SMILES string of the molecule is CC1(c2ccc(C=CC(=O)O)cc2)c2ccc(O)cc2CCN1c1ccc(CC2CC2)cc1. The maximum Gasteiger partial charge on any atom is 0.328 e. The monoisotopic (exact) mass is 439 g/mol. The molecule has 4 heteroatoms. The summed E-state index contributed by atoms with van der Waals surface area (Å²) < 4.78 is 0. The number of rotatable bonds is 6. The lowest BCUT2D eigenvalue weighted by Gasteiger charge is -2.48. The van der Waals surface area contributed by atoms with Crippen molar-refractivity contribution >= 4 is 17.7 Å². The molecule has 0 saturated heterocycles. The Morgan fingerprint density at radius 1 is 1.06 bits per heavy atom. The molecule has 1 unspecified atom stereocenters. The Morgan fingerprint density at radius 3 is 2.45 bits per heavy atom. The summed E-state index contributed by atoms with van der Waals surface area (Å²) >= 11 is 0. The first kappa shape index (κ1) is 21.3. The minimum atomic E-state index is -0.955. The van der Waals surface area contributed by atoms with Crippen LogP contribution in [0.25, 0.3) is 6.08 Å². The van der Waals surface area contributed by atoms with Gasteiger partial charge in [0.05, 0.1) is 5.54 Å². The summed E-state index contributed by atoms with van der Waals surface area (Å²) in [4.78, 5) is 13.3. The van der Waals surface area contributed by atoms with Crippen molar-refractivity contribution in [3.05, 3.63) is 101 Å². The first-order valence-corrected chi connectivity index (χ1v) is 11.6. The molecule has 3 aromatic rings. The number of hydrogen-bond acceptors (Lipinski definition) is 3. The fourth-order valence-corrected chi connectivity index (χ4v) is 5.12. The van der Waals surface area contributed by atoms with Gasteiger partial charge in [-0.2, -0.15) is 0 Å². The summed E-state index contributed by atoms with van der Waals surface area (Å²) in [6.45, 7) is 3.08. The number of aliphatic carboxylic acids is 1. The van der Waals surface area contributed by atoms with Crippen LogP contribution in [0.2, 0.25) is 0 Å². The van der Waals surface area contributed by atoms with Crippen LogP contribution in [0.3, 0.4) is 0 Å². The van der Waals surface area contributed by atoms with Crippen LogP contribution >= 0.6 is 0 Å². The molecule has 2 N–H and O–H groups in total. The van der Waals surface area contributed by atoms with Gasteiger partial charge in [0.2, 0.25) is 0 Å². The Kier molecular flexibility index (Phi) is 5.45. The van der Waals surface area contributed by atoms with E-state index in [4.69, 9.17) is 5.11 Å². The Hall–Kier alpha value is -3.53. The lowest BCUT2D eigenvalue weighted by Crippen LogP contribution is -2.49. The Labute approximate surface area is 194 Å². The van der Waals surface area contributed by atoms with Gasteiger partial charge in [-0.15, -0.1) is 0 Å². The fraction of sp³-hybridized carbons (Fsp3) is 0.276. The summed E-state index contributed by atoms with van der Waals surface area (Å²) in [7, 11) is 0. The van der Waals surface area contributed by atoms with Gasteiger partial charge < -0.3 is 15.1 Å². The quantitative estimate of drug-likeness (QED) is 0.479. The molecule has 0 spiro atoms. The molecule has 33 heavy (non-hydrogen) atoms. The van der Waals surface area contributed by atoms with E-state index >= 15 is 0 Å². The lowest BCUT2D eigenvalue weighted by atomic mass is 9.76. The van der Waals surface area contributed by atoms with Crippen LogP contribution in [0.4, 0.5) is 5.69 Å². The van der Waals surface area contributed by atoms with Crippen molar-refractivity contribution in [3.63, 3.8) is 0 Å².